The number of hydrogen-bond donors (Lipinski definition) is 1. The topological polar surface area (TPSA) is 81.4 Å². The average molecular weight is 336 g/mol. The second-order valence-corrected chi connectivity index (χ2v) is 7.47. The van der Waals surface area contributed by atoms with Crippen LogP contribution >= 0.6 is 0 Å². The van der Waals surface area contributed by atoms with Gasteiger partial charge in [0.1, 0.15) is 0 Å². The van der Waals surface area contributed by atoms with Crippen LogP contribution in [0.1, 0.15) is 25.2 Å². The molecule has 1 aliphatic rings. The number of ether oxygens (including phenoxy) is 1. The second kappa shape index (κ2) is 7.25. The largest absolute Gasteiger partial charge is 0.439 e. The van der Waals surface area contributed by atoms with Gasteiger partial charge in [-0.05, 0) is 19.3 Å². The Morgan fingerprint density at radius 2 is 2.09 bits per heavy atom. The van der Waals surface area contributed by atoms with Gasteiger partial charge in [0.2, 0.25) is 15.9 Å². The lowest BCUT2D eigenvalue weighted by Crippen LogP contribution is -2.27. The quantitative estimate of drug-likeness (QED) is 0.839. The van der Waals surface area contributed by atoms with Crippen molar-refractivity contribution < 1.29 is 17.6 Å². The summed E-state index contributed by atoms with van der Waals surface area (Å²) < 4.78 is 37.5. The van der Waals surface area contributed by atoms with Gasteiger partial charge in [0.05, 0.1) is 24.6 Å². The number of sulfonamides is 1. The van der Waals surface area contributed by atoms with Crippen LogP contribution in [-0.4, -0.2) is 31.9 Å². The van der Waals surface area contributed by atoms with Crippen LogP contribution in [0.5, 0.6) is 0 Å². The Kier molecular flexibility index (Phi) is 5.09. The first-order chi connectivity index (χ1) is 11.1. The molecule has 0 spiro atoms. The van der Waals surface area contributed by atoms with E-state index in [1.54, 1.807) is 6.20 Å². The van der Waals surface area contributed by atoms with Gasteiger partial charge in [0.25, 0.3) is 0 Å². The van der Waals surface area contributed by atoms with Gasteiger partial charge in [-0.2, -0.15) is 0 Å². The maximum Gasteiger partial charge on any atom is 0.212 e. The van der Waals surface area contributed by atoms with Crippen LogP contribution in [0.4, 0.5) is 0 Å². The summed E-state index contributed by atoms with van der Waals surface area (Å²) in [6.45, 7) is 0.789. The Bertz CT molecular complexity index is 722. The van der Waals surface area contributed by atoms with Crippen molar-refractivity contribution >= 4 is 10.0 Å². The van der Waals surface area contributed by atoms with Crippen LogP contribution in [0, 0.1) is 0 Å². The maximum atomic E-state index is 12.0. The third kappa shape index (κ3) is 4.63. The van der Waals surface area contributed by atoms with Crippen molar-refractivity contribution in [3.05, 3.63) is 42.4 Å². The van der Waals surface area contributed by atoms with E-state index in [9.17, 15) is 8.42 Å². The number of nitrogens with one attached hydrogen (secondary N) is 1. The van der Waals surface area contributed by atoms with Gasteiger partial charge < -0.3 is 9.15 Å². The number of oxazole rings is 1. The Hall–Kier alpha value is -1.70. The minimum absolute atomic E-state index is 0.0562. The third-order valence-electron chi connectivity index (χ3n) is 3.79. The molecule has 0 aliphatic carbocycles. The van der Waals surface area contributed by atoms with Crippen LogP contribution in [0.3, 0.4) is 0 Å². The van der Waals surface area contributed by atoms with Gasteiger partial charge in [0.15, 0.2) is 5.76 Å². The Balaban J connectivity index is 1.52. The fourth-order valence-corrected chi connectivity index (χ4v) is 3.59. The molecule has 7 heteroatoms. The van der Waals surface area contributed by atoms with Crippen molar-refractivity contribution in [2.24, 2.45) is 0 Å². The number of nitrogens with zero attached hydrogens (tertiary/aromatic N) is 1. The molecule has 124 valence electrons. The van der Waals surface area contributed by atoms with Crippen LogP contribution in [0.25, 0.3) is 11.3 Å². The van der Waals surface area contributed by atoms with E-state index in [4.69, 9.17) is 9.15 Å². The predicted molar refractivity (Wildman–Crippen MR) is 86.2 cm³/mol. The Morgan fingerprint density at radius 3 is 2.83 bits per heavy atom. The number of rotatable bonds is 7. The molecule has 1 fully saturated rings. The van der Waals surface area contributed by atoms with E-state index in [2.05, 4.69) is 9.71 Å². The normalized spacial score (nSPS) is 18.3. The first kappa shape index (κ1) is 16.2. The SMILES string of the molecule is O=S(=O)(CC[C@@H]1CCCO1)NCc1ncc(-c2ccccc2)o1. The van der Waals surface area contributed by atoms with E-state index < -0.39 is 10.0 Å². The fourth-order valence-electron chi connectivity index (χ4n) is 2.53. The highest BCUT2D eigenvalue weighted by Gasteiger charge is 2.20. The van der Waals surface area contributed by atoms with E-state index in [1.165, 1.54) is 0 Å². The molecule has 3 rings (SSSR count). The zero-order chi connectivity index (χ0) is 16.1. The summed E-state index contributed by atoms with van der Waals surface area (Å²) in [5, 5.41) is 0. The average Bonchev–Trinajstić information content (AvgIpc) is 3.24. The summed E-state index contributed by atoms with van der Waals surface area (Å²) in [6.07, 6.45) is 4.14. The molecular weight excluding hydrogens is 316 g/mol. The van der Waals surface area contributed by atoms with Crippen LogP contribution in [-0.2, 0) is 21.3 Å². The number of aromatic nitrogens is 1. The summed E-state index contributed by atoms with van der Waals surface area (Å²) in [5.74, 6) is 1.04. The standard InChI is InChI=1S/C16H20N2O4S/c19-23(20,10-8-14-7-4-9-21-14)18-12-16-17-11-15(22-16)13-5-2-1-3-6-13/h1-3,5-6,11,14,18H,4,7-10,12H2/t14-/m0/s1. The fraction of sp³-hybridized carbons (Fsp3) is 0.438. The molecule has 0 amide bonds. The molecule has 0 saturated carbocycles. The van der Waals surface area contributed by atoms with Crippen molar-refractivity contribution in [2.45, 2.75) is 31.9 Å². The van der Waals surface area contributed by atoms with Crippen molar-refractivity contribution in [3.63, 3.8) is 0 Å². The minimum Gasteiger partial charge on any atom is -0.439 e. The highest BCUT2D eigenvalue weighted by atomic mass is 32.2. The molecule has 1 N–H and O–H groups in total. The summed E-state index contributed by atoms with van der Waals surface area (Å²) in [6, 6.07) is 9.56. The molecule has 1 aliphatic heterocycles. The lowest BCUT2D eigenvalue weighted by atomic mass is 10.2. The van der Waals surface area contributed by atoms with Gasteiger partial charge >= 0.3 is 0 Å². The molecule has 1 aromatic heterocycles. The van der Waals surface area contributed by atoms with Crippen LogP contribution < -0.4 is 4.72 Å². The van der Waals surface area contributed by atoms with Gasteiger partial charge in [-0.15, -0.1) is 0 Å². The highest BCUT2D eigenvalue weighted by molar-refractivity contribution is 7.89. The van der Waals surface area contributed by atoms with Gasteiger partial charge in [-0.1, -0.05) is 30.3 Å². The van der Waals surface area contributed by atoms with Crippen molar-refractivity contribution in [1.29, 1.82) is 0 Å². The first-order valence-electron chi connectivity index (χ1n) is 7.71. The van der Waals surface area contributed by atoms with Crippen molar-refractivity contribution in [1.82, 2.24) is 9.71 Å². The van der Waals surface area contributed by atoms with Gasteiger partial charge in [-0.25, -0.2) is 18.1 Å². The van der Waals surface area contributed by atoms with Crippen molar-refractivity contribution in [2.75, 3.05) is 12.4 Å². The zero-order valence-corrected chi connectivity index (χ0v) is 13.6. The molecule has 0 radical (unpaired) electrons. The zero-order valence-electron chi connectivity index (χ0n) is 12.8. The van der Waals surface area contributed by atoms with E-state index in [0.29, 0.717) is 18.1 Å². The van der Waals surface area contributed by atoms with Crippen LogP contribution in [0.15, 0.2) is 40.9 Å². The molecule has 0 bridgehead atoms. The molecular formula is C16H20N2O4S. The summed E-state index contributed by atoms with van der Waals surface area (Å²) in [7, 11) is -3.35. The highest BCUT2D eigenvalue weighted by Crippen LogP contribution is 2.20. The number of benzene rings is 1. The summed E-state index contributed by atoms with van der Waals surface area (Å²) >= 11 is 0. The lowest BCUT2D eigenvalue weighted by molar-refractivity contribution is 0.109. The second-order valence-electron chi connectivity index (χ2n) is 5.55. The van der Waals surface area contributed by atoms with Gasteiger partial charge in [-0.3, -0.25) is 0 Å². The third-order valence-corrected chi connectivity index (χ3v) is 5.15. The number of hydrogen-bond acceptors (Lipinski definition) is 5. The monoisotopic (exact) mass is 336 g/mol. The predicted octanol–water partition coefficient (Wildman–Crippen LogP) is 2.33. The lowest BCUT2D eigenvalue weighted by Gasteiger charge is -2.09. The molecule has 2 heterocycles. The van der Waals surface area contributed by atoms with E-state index in [1.807, 2.05) is 30.3 Å². The molecule has 1 saturated heterocycles. The summed E-state index contributed by atoms with van der Waals surface area (Å²) in [4.78, 5) is 4.11. The minimum atomic E-state index is -3.35. The van der Waals surface area contributed by atoms with E-state index >= 15 is 0 Å². The molecule has 0 unspecified atom stereocenters. The van der Waals surface area contributed by atoms with E-state index in [-0.39, 0.29) is 18.4 Å². The molecule has 1 atom stereocenters. The Morgan fingerprint density at radius 1 is 1.26 bits per heavy atom. The molecule has 6 nitrogen and oxygen atoms in total. The maximum absolute atomic E-state index is 12.0. The molecule has 23 heavy (non-hydrogen) atoms. The van der Waals surface area contributed by atoms with Crippen LogP contribution in [0.2, 0.25) is 0 Å². The van der Waals surface area contributed by atoms with Crippen molar-refractivity contribution in [3.8, 4) is 11.3 Å². The van der Waals surface area contributed by atoms with E-state index in [0.717, 1.165) is 25.0 Å². The first-order valence-corrected chi connectivity index (χ1v) is 9.37. The Labute approximate surface area is 135 Å². The molecule has 2 aromatic rings. The van der Waals surface area contributed by atoms with Gasteiger partial charge in [0, 0.05) is 12.2 Å². The molecule has 1 aromatic carbocycles. The summed E-state index contributed by atoms with van der Waals surface area (Å²) in [5.41, 5.74) is 0.910. The smallest absolute Gasteiger partial charge is 0.212 e.